The van der Waals surface area contributed by atoms with E-state index in [9.17, 15) is 13.6 Å². The molecule has 0 saturated carbocycles. The highest BCUT2D eigenvalue weighted by Gasteiger charge is 2.12. The predicted molar refractivity (Wildman–Crippen MR) is 120 cm³/mol. The largest absolute Gasteiger partial charge is 0.760 e. The zero-order chi connectivity index (χ0) is 21.3. The van der Waals surface area contributed by atoms with E-state index in [1.165, 1.54) is 23.2 Å². The number of hydrogen-bond acceptors (Lipinski definition) is 7. The van der Waals surface area contributed by atoms with Crippen molar-refractivity contribution in [1.82, 2.24) is 19.5 Å². The third kappa shape index (κ3) is 7.95. The number of piperazine rings is 1. The van der Waals surface area contributed by atoms with Crippen LogP contribution >= 0.6 is 12.4 Å². The second-order valence-corrected chi connectivity index (χ2v) is 8.16. The van der Waals surface area contributed by atoms with Crippen LogP contribution in [0.2, 0.25) is 0 Å². The zero-order valence-electron chi connectivity index (χ0n) is 17.5. The molecule has 1 N–H and O–H groups in total. The summed E-state index contributed by atoms with van der Waals surface area (Å²) in [6, 6.07) is 11.5. The first-order chi connectivity index (χ1) is 14.5. The van der Waals surface area contributed by atoms with E-state index in [0.29, 0.717) is 24.2 Å². The van der Waals surface area contributed by atoms with Gasteiger partial charge in [-0.2, -0.15) is 0 Å². The lowest BCUT2D eigenvalue weighted by molar-refractivity contribution is 0.0600. The average molecular weight is 468 g/mol. The van der Waals surface area contributed by atoms with E-state index >= 15 is 0 Å². The van der Waals surface area contributed by atoms with Gasteiger partial charge in [-0.05, 0) is 29.7 Å². The van der Waals surface area contributed by atoms with Crippen molar-refractivity contribution in [2.75, 3.05) is 39.8 Å². The van der Waals surface area contributed by atoms with Gasteiger partial charge in [-0.3, -0.25) is 14.1 Å². The number of carbonyl (C=O) groups is 1. The minimum atomic E-state index is -2.37. The van der Waals surface area contributed by atoms with Gasteiger partial charge in [0, 0.05) is 56.7 Å². The fourth-order valence-electron chi connectivity index (χ4n) is 3.41. The minimum Gasteiger partial charge on any atom is -0.760 e. The number of hydrogen-bond donors (Lipinski definition) is 1. The molecule has 1 aromatic carbocycles. The van der Waals surface area contributed by atoms with Gasteiger partial charge in [0.1, 0.15) is 0 Å². The third-order valence-corrected chi connectivity index (χ3v) is 5.79. The fraction of sp³-hybridized carbons (Fsp3) is 0.429. The first-order valence-electron chi connectivity index (χ1n) is 9.93. The smallest absolute Gasteiger partial charge is 0.339 e. The molecule has 3 rings (SSSR count). The van der Waals surface area contributed by atoms with Crippen LogP contribution in [-0.2, 0) is 35.5 Å². The number of nitrogens with one attached hydrogen (secondary N) is 1. The van der Waals surface area contributed by atoms with Crippen molar-refractivity contribution in [2.45, 2.75) is 19.5 Å². The van der Waals surface area contributed by atoms with Gasteiger partial charge < -0.3 is 14.6 Å². The number of carbonyl (C=O) groups excluding carboxylic acids is 1. The van der Waals surface area contributed by atoms with E-state index in [1.807, 2.05) is 12.1 Å². The van der Waals surface area contributed by atoms with Crippen molar-refractivity contribution in [3.05, 3.63) is 65.0 Å². The van der Waals surface area contributed by atoms with Gasteiger partial charge in [-0.25, -0.2) is 9.10 Å². The Morgan fingerprint density at radius 3 is 2.65 bits per heavy atom. The molecular formula is C21H28ClN4O4S-. The number of rotatable bonds is 9. The molecule has 0 radical (unpaired) electrons. The molecule has 2 aromatic rings. The van der Waals surface area contributed by atoms with Crippen LogP contribution in [0.4, 0.5) is 0 Å². The summed E-state index contributed by atoms with van der Waals surface area (Å²) in [6.07, 6.45) is 2.01. The van der Waals surface area contributed by atoms with Gasteiger partial charge in [0.2, 0.25) is 0 Å². The summed E-state index contributed by atoms with van der Waals surface area (Å²) in [5.74, 6) is -0.473. The molecule has 10 heteroatoms. The first-order valence-corrected chi connectivity index (χ1v) is 11.0. The quantitative estimate of drug-likeness (QED) is 0.441. The van der Waals surface area contributed by atoms with Gasteiger partial charge in [0.25, 0.3) is 0 Å². The van der Waals surface area contributed by atoms with Crippen LogP contribution in [-0.4, -0.2) is 68.8 Å². The molecule has 1 fully saturated rings. The highest BCUT2D eigenvalue weighted by atomic mass is 35.5. The SMILES string of the molecule is COC(=O)c1ccc(CN(CCc2cccc(CN3CCNCC3)c2)S(=O)[O-])nc1.Cl. The van der Waals surface area contributed by atoms with Crippen molar-refractivity contribution in [1.29, 1.82) is 0 Å². The Balaban J connectivity index is 0.00000341. The summed E-state index contributed by atoms with van der Waals surface area (Å²) in [4.78, 5) is 18.1. The van der Waals surface area contributed by atoms with E-state index in [0.717, 1.165) is 38.3 Å². The number of nitrogens with zero attached hydrogens (tertiary/aromatic N) is 3. The van der Waals surface area contributed by atoms with Crippen molar-refractivity contribution in [2.24, 2.45) is 0 Å². The molecule has 0 aliphatic carbocycles. The summed E-state index contributed by atoms with van der Waals surface area (Å²) in [5.41, 5.74) is 3.24. The number of benzene rings is 1. The Labute approximate surface area is 191 Å². The number of aromatic nitrogens is 1. The fourth-order valence-corrected chi connectivity index (χ4v) is 3.89. The Morgan fingerprint density at radius 1 is 1.26 bits per heavy atom. The monoisotopic (exact) mass is 467 g/mol. The van der Waals surface area contributed by atoms with E-state index in [1.54, 1.807) is 12.1 Å². The Morgan fingerprint density at radius 2 is 2.00 bits per heavy atom. The van der Waals surface area contributed by atoms with E-state index in [4.69, 9.17) is 0 Å². The molecule has 1 aliphatic heterocycles. The molecule has 0 spiro atoms. The number of methoxy groups -OCH3 is 1. The maximum atomic E-state index is 11.7. The topological polar surface area (TPSA) is 97.8 Å². The van der Waals surface area contributed by atoms with Gasteiger partial charge >= 0.3 is 5.97 Å². The number of halogens is 1. The number of pyridine rings is 1. The molecule has 2 heterocycles. The highest BCUT2D eigenvalue weighted by Crippen LogP contribution is 2.12. The van der Waals surface area contributed by atoms with Crippen LogP contribution in [0.15, 0.2) is 42.6 Å². The normalized spacial score (nSPS) is 15.3. The van der Waals surface area contributed by atoms with Gasteiger partial charge in [-0.15, -0.1) is 12.4 Å². The minimum absolute atomic E-state index is 0. The van der Waals surface area contributed by atoms with Crippen LogP contribution < -0.4 is 5.32 Å². The molecule has 0 amide bonds. The summed E-state index contributed by atoms with van der Waals surface area (Å²) in [7, 11) is 1.30. The van der Waals surface area contributed by atoms with Crippen LogP contribution in [0, 0.1) is 0 Å². The Hall–Kier alpha value is -1.88. The molecule has 1 saturated heterocycles. The summed E-state index contributed by atoms with van der Waals surface area (Å²) in [5, 5.41) is 3.35. The second-order valence-electron chi connectivity index (χ2n) is 7.21. The zero-order valence-corrected chi connectivity index (χ0v) is 19.1. The maximum absolute atomic E-state index is 11.7. The molecular weight excluding hydrogens is 440 g/mol. The van der Waals surface area contributed by atoms with Crippen LogP contribution in [0.25, 0.3) is 0 Å². The van der Waals surface area contributed by atoms with Crippen molar-refractivity contribution < 1.29 is 18.3 Å². The van der Waals surface area contributed by atoms with E-state index in [2.05, 4.69) is 32.1 Å². The molecule has 1 aromatic heterocycles. The highest BCUT2D eigenvalue weighted by molar-refractivity contribution is 7.76. The molecule has 170 valence electrons. The molecule has 0 bridgehead atoms. The second kappa shape index (κ2) is 12.8. The van der Waals surface area contributed by atoms with Crippen LogP contribution in [0.1, 0.15) is 27.2 Å². The predicted octanol–water partition coefficient (Wildman–Crippen LogP) is 1.53. The van der Waals surface area contributed by atoms with Crippen molar-refractivity contribution >= 4 is 29.6 Å². The molecule has 31 heavy (non-hydrogen) atoms. The molecule has 8 nitrogen and oxygen atoms in total. The summed E-state index contributed by atoms with van der Waals surface area (Å²) < 4.78 is 29.4. The van der Waals surface area contributed by atoms with Gasteiger partial charge in [-0.1, -0.05) is 24.3 Å². The molecule has 1 atom stereocenters. The third-order valence-electron chi connectivity index (χ3n) is 5.05. The maximum Gasteiger partial charge on any atom is 0.339 e. The van der Waals surface area contributed by atoms with Crippen LogP contribution in [0.5, 0.6) is 0 Å². The first kappa shape index (κ1) is 25.4. The van der Waals surface area contributed by atoms with Crippen LogP contribution in [0.3, 0.4) is 0 Å². The number of ether oxygens (including phenoxy) is 1. The molecule has 1 aliphatic rings. The number of esters is 1. The Kier molecular flexibility index (Phi) is 10.5. The van der Waals surface area contributed by atoms with Crippen molar-refractivity contribution in [3.63, 3.8) is 0 Å². The van der Waals surface area contributed by atoms with E-state index < -0.39 is 17.2 Å². The van der Waals surface area contributed by atoms with Gasteiger partial charge in [0.05, 0.1) is 24.9 Å². The lowest BCUT2D eigenvalue weighted by Crippen LogP contribution is -2.42. The Bertz CT molecular complexity index is 863. The van der Waals surface area contributed by atoms with Crippen molar-refractivity contribution in [3.8, 4) is 0 Å². The lowest BCUT2D eigenvalue weighted by Gasteiger charge is -2.27. The summed E-state index contributed by atoms with van der Waals surface area (Å²) in [6.45, 7) is 5.51. The van der Waals surface area contributed by atoms with E-state index in [-0.39, 0.29) is 19.0 Å². The molecule has 1 unspecified atom stereocenters. The standard InChI is InChI=1S/C21H28N4O4S.ClH/c1-29-21(26)19-5-6-20(23-14-19)16-25(30(27)28)10-7-17-3-2-4-18(13-17)15-24-11-8-22-9-12-24;/h2-6,13-14,22H,7-12,15-16H2,1H3,(H,27,28);1H/p-1. The summed E-state index contributed by atoms with van der Waals surface area (Å²) >= 11 is -2.37. The lowest BCUT2D eigenvalue weighted by atomic mass is 10.1. The average Bonchev–Trinajstić information content (AvgIpc) is 2.77. The van der Waals surface area contributed by atoms with Gasteiger partial charge in [0.15, 0.2) is 0 Å².